The van der Waals surface area contributed by atoms with Crippen LogP contribution in [0.25, 0.3) is 0 Å². The largest absolute Gasteiger partial charge is 0.370 e. The lowest BCUT2D eigenvalue weighted by molar-refractivity contribution is -0.118. The lowest BCUT2D eigenvalue weighted by Gasteiger charge is -2.17. The standard InChI is InChI=1S/C7H17N3O/c1-6(8)5-10(2)4-3-7(9)11/h6H,3-5,8H2,1-2H3,(H2,9,11). The van der Waals surface area contributed by atoms with E-state index in [1.165, 1.54) is 0 Å². The summed E-state index contributed by atoms with van der Waals surface area (Å²) in [4.78, 5) is 12.3. The Labute approximate surface area is 67.5 Å². The quantitative estimate of drug-likeness (QED) is 0.548. The van der Waals surface area contributed by atoms with E-state index in [1.54, 1.807) is 0 Å². The van der Waals surface area contributed by atoms with Gasteiger partial charge in [0.25, 0.3) is 0 Å². The van der Waals surface area contributed by atoms with E-state index in [-0.39, 0.29) is 11.9 Å². The molecule has 0 saturated heterocycles. The second kappa shape index (κ2) is 5.09. The first-order chi connectivity index (χ1) is 5.02. The van der Waals surface area contributed by atoms with E-state index in [1.807, 2.05) is 18.9 Å². The zero-order chi connectivity index (χ0) is 8.85. The minimum atomic E-state index is -0.262. The molecular weight excluding hydrogens is 142 g/mol. The summed E-state index contributed by atoms with van der Waals surface area (Å²) in [6, 6.07) is 0.146. The fraction of sp³-hybridized carbons (Fsp3) is 0.857. The van der Waals surface area contributed by atoms with Gasteiger partial charge in [0.2, 0.25) is 5.91 Å². The highest BCUT2D eigenvalue weighted by Crippen LogP contribution is 1.87. The number of rotatable bonds is 5. The number of hydrogen-bond donors (Lipinski definition) is 2. The summed E-state index contributed by atoms with van der Waals surface area (Å²) in [5.74, 6) is -0.262. The number of likely N-dealkylation sites (N-methyl/N-ethyl adjacent to an activating group) is 1. The molecule has 0 radical (unpaired) electrons. The number of hydrogen-bond acceptors (Lipinski definition) is 3. The number of nitrogens with zero attached hydrogens (tertiary/aromatic N) is 1. The van der Waals surface area contributed by atoms with Crippen LogP contribution < -0.4 is 11.5 Å². The predicted molar refractivity (Wildman–Crippen MR) is 45.0 cm³/mol. The maximum atomic E-state index is 10.4. The lowest BCUT2D eigenvalue weighted by Crippen LogP contribution is -2.34. The normalized spacial score (nSPS) is 13.5. The fourth-order valence-electron chi connectivity index (χ4n) is 0.884. The van der Waals surface area contributed by atoms with Gasteiger partial charge in [-0.1, -0.05) is 0 Å². The minimum absolute atomic E-state index is 0.146. The molecular formula is C7H17N3O. The molecule has 66 valence electrons. The van der Waals surface area contributed by atoms with Crippen LogP contribution in [0.4, 0.5) is 0 Å². The second-order valence-electron chi connectivity index (χ2n) is 2.96. The van der Waals surface area contributed by atoms with Gasteiger partial charge in [-0.2, -0.15) is 0 Å². The third-order valence-corrected chi connectivity index (χ3v) is 1.34. The molecule has 0 aromatic heterocycles. The van der Waals surface area contributed by atoms with Gasteiger partial charge in [-0.15, -0.1) is 0 Å². The first kappa shape index (κ1) is 10.4. The van der Waals surface area contributed by atoms with Gasteiger partial charge in [0.05, 0.1) is 0 Å². The fourth-order valence-corrected chi connectivity index (χ4v) is 0.884. The van der Waals surface area contributed by atoms with Crippen LogP contribution in [0.3, 0.4) is 0 Å². The van der Waals surface area contributed by atoms with Gasteiger partial charge in [0.15, 0.2) is 0 Å². The van der Waals surface area contributed by atoms with Crippen molar-refractivity contribution in [2.24, 2.45) is 11.5 Å². The third-order valence-electron chi connectivity index (χ3n) is 1.34. The minimum Gasteiger partial charge on any atom is -0.370 e. The summed E-state index contributed by atoms with van der Waals surface area (Å²) < 4.78 is 0. The molecule has 1 atom stereocenters. The molecule has 0 rings (SSSR count). The van der Waals surface area contributed by atoms with Crippen molar-refractivity contribution in [3.8, 4) is 0 Å². The van der Waals surface area contributed by atoms with Crippen molar-refractivity contribution in [1.82, 2.24) is 4.90 Å². The van der Waals surface area contributed by atoms with E-state index in [0.29, 0.717) is 13.0 Å². The molecule has 0 aromatic carbocycles. The van der Waals surface area contributed by atoms with Crippen molar-refractivity contribution in [1.29, 1.82) is 0 Å². The molecule has 1 unspecified atom stereocenters. The molecule has 0 spiro atoms. The molecule has 4 N–H and O–H groups in total. The van der Waals surface area contributed by atoms with Crippen molar-refractivity contribution in [2.45, 2.75) is 19.4 Å². The van der Waals surface area contributed by atoms with E-state index in [0.717, 1.165) is 6.54 Å². The van der Waals surface area contributed by atoms with Gasteiger partial charge in [0.1, 0.15) is 0 Å². The van der Waals surface area contributed by atoms with Crippen LogP contribution in [0.5, 0.6) is 0 Å². The molecule has 0 aliphatic rings. The Kier molecular flexibility index (Phi) is 4.81. The molecule has 11 heavy (non-hydrogen) atoms. The first-order valence-corrected chi connectivity index (χ1v) is 3.74. The smallest absolute Gasteiger partial charge is 0.218 e. The third kappa shape index (κ3) is 7.29. The average molecular weight is 159 g/mol. The zero-order valence-electron chi connectivity index (χ0n) is 7.21. The van der Waals surface area contributed by atoms with E-state index in [4.69, 9.17) is 11.5 Å². The van der Waals surface area contributed by atoms with E-state index in [2.05, 4.69) is 0 Å². The highest BCUT2D eigenvalue weighted by molar-refractivity contribution is 5.73. The van der Waals surface area contributed by atoms with E-state index in [9.17, 15) is 4.79 Å². The van der Waals surface area contributed by atoms with Gasteiger partial charge in [-0.3, -0.25) is 4.79 Å². The van der Waals surface area contributed by atoms with Crippen LogP contribution >= 0.6 is 0 Å². The van der Waals surface area contributed by atoms with Crippen molar-refractivity contribution in [2.75, 3.05) is 20.1 Å². The molecule has 0 aromatic rings. The number of carbonyl (C=O) groups is 1. The maximum absolute atomic E-state index is 10.4. The summed E-state index contributed by atoms with van der Waals surface area (Å²) in [5, 5.41) is 0. The number of carbonyl (C=O) groups excluding carboxylic acids is 1. The Morgan fingerprint density at radius 2 is 2.18 bits per heavy atom. The number of primary amides is 1. The summed E-state index contributed by atoms with van der Waals surface area (Å²) in [5.41, 5.74) is 10.5. The van der Waals surface area contributed by atoms with Gasteiger partial charge in [0, 0.05) is 25.6 Å². The lowest BCUT2D eigenvalue weighted by atomic mass is 10.3. The molecule has 0 heterocycles. The first-order valence-electron chi connectivity index (χ1n) is 3.74. The van der Waals surface area contributed by atoms with E-state index >= 15 is 0 Å². The molecule has 0 fully saturated rings. The van der Waals surface area contributed by atoms with Crippen molar-refractivity contribution >= 4 is 5.91 Å². The Hall–Kier alpha value is -0.610. The second-order valence-corrected chi connectivity index (χ2v) is 2.96. The Balaban J connectivity index is 3.37. The predicted octanol–water partition coefficient (Wildman–Crippen LogP) is -0.859. The van der Waals surface area contributed by atoms with Crippen molar-refractivity contribution < 1.29 is 4.79 Å². The summed E-state index contributed by atoms with van der Waals surface area (Å²) in [6.45, 7) is 3.42. The average Bonchev–Trinajstić information content (AvgIpc) is 1.82. The SMILES string of the molecule is CC(N)CN(C)CCC(N)=O. The Bertz CT molecular complexity index is 125. The van der Waals surface area contributed by atoms with Crippen molar-refractivity contribution in [3.63, 3.8) is 0 Å². The molecule has 4 heteroatoms. The molecule has 4 nitrogen and oxygen atoms in total. The monoisotopic (exact) mass is 159 g/mol. The van der Waals surface area contributed by atoms with Crippen LogP contribution in [0.1, 0.15) is 13.3 Å². The molecule has 1 amide bonds. The molecule has 0 bridgehead atoms. The van der Waals surface area contributed by atoms with Gasteiger partial charge >= 0.3 is 0 Å². The summed E-state index contributed by atoms with van der Waals surface area (Å²) in [7, 11) is 1.92. The molecule has 0 aliphatic carbocycles. The van der Waals surface area contributed by atoms with Crippen LogP contribution in [-0.2, 0) is 4.79 Å². The van der Waals surface area contributed by atoms with Crippen molar-refractivity contribution in [3.05, 3.63) is 0 Å². The zero-order valence-corrected chi connectivity index (χ0v) is 7.21. The molecule has 0 aliphatic heterocycles. The van der Waals surface area contributed by atoms with Gasteiger partial charge < -0.3 is 16.4 Å². The maximum Gasteiger partial charge on any atom is 0.218 e. The van der Waals surface area contributed by atoms with E-state index < -0.39 is 0 Å². The van der Waals surface area contributed by atoms with Gasteiger partial charge in [-0.25, -0.2) is 0 Å². The van der Waals surface area contributed by atoms with Gasteiger partial charge in [-0.05, 0) is 14.0 Å². The highest BCUT2D eigenvalue weighted by atomic mass is 16.1. The summed E-state index contributed by atoms with van der Waals surface area (Å²) >= 11 is 0. The number of amides is 1. The highest BCUT2D eigenvalue weighted by Gasteiger charge is 2.02. The van der Waals surface area contributed by atoms with Crippen LogP contribution in [-0.4, -0.2) is 37.0 Å². The summed E-state index contributed by atoms with van der Waals surface area (Å²) in [6.07, 6.45) is 0.406. The molecule has 0 saturated carbocycles. The Morgan fingerprint density at radius 1 is 1.64 bits per heavy atom. The van der Waals surface area contributed by atoms with Crippen LogP contribution in [0.15, 0.2) is 0 Å². The number of nitrogens with two attached hydrogens (primary N) is 2. The Morgan fingerprint density at radius 3 is 2.55 bits per heavy atom. The van der Waals surface area contributed by atoms with Crippen LogP contribution in [0, 0.1) is 0 Å². The van der Waals surface area contributed by atoms with Crippen LogP contribution in [0.2, 0.25) is 0 Å². The topological polar surface area (TPSA) is 72.3 Å².